The van der Waals surface area contributed by atoms with Crippen LogP contribution in [-0.4, -0.2) is 19.8 Å². The summed E-state index contributed by atoms with van der Waals surface area (Å²) in [7, 11) is 0. The summed E-state index contributed by atoms with van der Waals surface area (Å²) in [5.74, 6) is 2.30. The highest BCUT2D eigenvalue weighted by molar-refractivity contribution is 5.51. The van der Waals surface area contributed by atoms with Gasteiger partial charge in [0, 0.05) is 5.54 Å². The summed E-state index contributed by atoms with van der Waals surface area (Å²) in [5.41, 5.74) is 2.83. The van der Waals surface area contributed by atoms with Gasteiger partial charge in [-0.05, 0) is 55.5 Å². The third-order valence-corrected chi connectivity index (χ3v) is 4.30. The van der Waals surface area contributed by atoms with Gasteiger partial charge in [-0.25, -0.2) is 0 Å². The Hall–Kier alpha value is -1.22. The van der Waals surface area contributed by atoms with Crippen LogP contribution in [0.2, 0.25) is 0 Å². The number of fused-ring (bicyclic) bond motifs is 1. The Bertz CT molecular complexity index is 476. The second-order valence-electron chi connectivity index (χ2n) is 6.10. The molecule has 19 heavy (non-hydrogen) atoms. The Morgan fingerprint density at radius 1 is 1.16 bits per heavy atom. The van der Waals surface area contributed by atoms with Gasteiger partial charge >= 0.3 is 0 Å². The zero-order valence-electron chi connectivity index (χ0n) is 12.1. The lowest BCUT2D eigenvalue weighted by Crippen LogP contribution is -2.34. The van der Waals surface area contributed by atoms with Gasteiger partial charge in [0.25, 0.3) is 0 Å². The van der Waals surface area contributed by atoms with Crippen molar-refractivity contribution in [1.82, 2.24) is 5.32 Å². The molecule has 2 aliphatic rings. The van der Waals surface area contributed by atoms with Crippen molar-refractivity contribution in [2.45, 2.75) is 45.1 Å². The van der Waals surface area contributed by atoms with Crippen LogP contribution in [0, 0.1) is 0 Å². The smallest absolute Gasteiger partial charge is 0.161 e. The molecule has 1 aromatic carbocycles. The van der Waals surface area contributed by atoms with Crippen molar-refractivity contribution in [2.24, 2.45) is 0 Å². The van der Waals surface area contributed by atoms with E-state index in [2.05, 4.69) is 38.2 Å². The van der Waals surface area contributed by atoms with Gasteiger partial charge in [0.1, 0.15) is 13.2 Å². The average Bonchev–Trinajstić information content (AvgIpc) is 2.85. The Kier molecular flexibility index (Phi) is 3.17. The molecule has 1 aromatic rings. The molecule has 0 bridgehead atoms. The van der Waals surface area contributed by atoms with Crippen molar-refractivity contribution in [2.75, 3.05) is 19.8 Å². The van der Waals surface area contributed by atoms with Crippen LogP contribution in [-0.2, 0) is 5.54 Å². The highest BCUT2D eigenvalue weighted by Crippen LogP contribution is 2.42. The SMILES string of the molecule is CC(C)c1cc2c(cc1C1(C)CCCN1)OCCO2. The van der Waals surface area contributed by atoms with Crippen LogP contribution in [0.1, 0.15) is 50.7 Å². The number of nitrogens with one attached hydrogen (secondary N) is 1. The van der Waals surface area contributed by atoms with Gasteiger partial charge in [-0.1, -0.05) is 13.8 Å². The first kappa shape index (κ1) is 12.8. The van der Waals surface area contributed by atoms with E-state index in [1.54, 1.807) is 0 Å². The van der Waals surface area contributed by atoms with E-state index in [1.165, 1.54) is 24.0 Å². The van der Waals surface area contributed by atoms with E-state index in [9.17, 15) is 0 Å². The molecule has 3 rings (SSSR count). The molecule has 2 aliphatic heterocycles. The monoisotopic (exact) mass is 261 g/mol. The van der Waals surface area contributed by atoms with Crippen molar-refractivity contribution < 1.29 is 9.47 Å². The molecule has 0 aliphatic carbocycles. The summed E-state index contributed by atoms with van der Waals surface area (Å²) in [4.78, 5) is 0. The average molecular weight is 261 g/mol. The Morgan fingerprint density at radius 3 is 2.42 bits per heavy atom. The molecule has 104 valence electrons. The first-order valence-corrected chi connectivity index (χ1v) is 7.29. The Morgan fingerprint density at radius 2 is 1.84 bits per heavy atom. The van der Waals surface area contributed by atoms with Crippen LogP contribution in [0.3, 0.4) is 0 Å². The number of benzene rings is 1. The molecule has 2 heterocycles. The maximum absolute atomic E-state index is 5.75. The third-order valence-electron chi connectivity index (χ3n) is 4.30. The second-order valence-corrected chi connectivity index (χ2v) is 6.10. The molecule has 1 N–H and O–H groups in total. The summed E-state index contributed by atoms with van der Waals surface area (Å²) in [6.45, 7) is 9.19. The lowest BCUT2D eigenvalue weighted by atomic mass is 9.83. The van der Waals surface area contributed by atoms with Crippen LogP contribution in [0.25, 0.3) is 0 Å². The third kappa shape index (κ3) is 2.20. The van der Waals surface area contributed by atoms with E-state index in [-0.39, 0.29) is 5.54 Å². The predicted octanol–water partition coefficient (Wildman–Crippen LogP) is 3.18. The molecule has 0 spiro atoms. The molecule has 1 atom stereocenters. The lowest BCUT2D eigenvalue weighted by Gasteiger charge is -2.31. The van der Waals surface area contributed by atoms with Crippen LogP contribution >= 0.6 is 0 Å². The number of hydrogen-bond donors (Lipinski definition) is 1. The van der Waals surface area contributed by atoms with Crippen molar-refractivity contribution >= 4 is 0 Å². The summed E-state index contributed by atoms with van der Waals surface area (Å²) in [5, 5.41) is 3.65. The standard InChI is InChI=1S/C16H23NO2/c1-11(2)12-9-14-15(19-8-7-18-14)10-13(12)16(3)5-4-6-17-16/h9-11,17H,4-8H2,1-3H3. The zero-order valence-corrected chi connectivity index (χ0v) is 12.1. The van der Waals surface area contributed by atoms with Gasteiger partial charge in [-0.15, -0.1) is 0 Å². The first-order chi connectivity index (χ1) is 9.10. The van der Waals surface area contributed by atoms with Crippen molar-refractivity contribution in [3.63, 3.8) is 0 Å². The fourth-order valence-electron chi connectivity index (χ4n) is 3.18. The van der Waals surface area contributed by atoms with Gasteiger partial charge < -0.3 is 14.8 Å². The minimum absolute atomic E-state index is 0.0788. The predicted molar refractivity (Wildman–Crippen MR) is 76.1 cm³/mol. The molecule has 1 fully saturated rings. The largest absolute Gasteiger partial charge is 0.486 e. The maximum atomic E-state index is 5.75. The summed E-state index contributed by atoms with van der Waals surface area (Å²) >= 11 is 0. The molecule has 1 saturated heterocycles. The maximum Gasteiger partial charge on any atom is 0.161 e. The van der Waals surface area contributed by atoms with Crippen LogP contribution in [0.15, 0.2) is 12.1 Å². The fourth-order valence-corrected chi connectivity index (χ4v) is 3.18. The first-order valence-electron chi connectivity index (χ1n) is 7.29. The molecular formula is C16H23NO2. The van der Waals surface area contributed by atoms with Crippen LogP contribution in [0.4, 0.5) is 0 Å². The highest BCUT2D eigenvalue weighted by Gasteiger charge is 2.34. The molecule has 0 aromatic heterocycles. The van der Waals surface area contributed by atoms with Crippen molar-refractivity contribution in [3.8, 4) is 11.5 Å². The van der Waals surface area contributed by atoms with Crippen LogP contribution < -0.4 is 14.8 Å². The Labute approximate surface area is 115 Å². The number of hydrogen-bond acceptors (Lipinski definition) is 3. The van der Waals surface area contributed by atoms with Gasteiger partial charge in [-0.3, -0.25) is 0 Å². The molecule has 3 nitrogen and oxygen atoms in total. The van der Waals surface area contributed by atoms with E-state index in [0.29, 0.717) is 19.1 Å². The molecule has 0 amide bonds. The van der Waals surface area contributed by atoms with Crippen molar-refractivity contribution in [1.29, 1.82) is 0 Å². The minimum atomic E-state index is 0.0788. The van der Waals surface area contributed by atoms with E-state index < -0.39 is 0 Å². The van der Waals surface area contributed by atoms with Gasteiger partial charge in [0.15, 0.2) is 11.5 Å². The molecule has 0 radical (unpaired) electrons. The van der Waals surface area contributed by atoms with Crippen molar-refractivity contribution in [3.05, 3.63) is 23.3 Å². The van der Waals surface area contributed by atoms with Gasteiger partial charge in [0.05, 0.1) is 0 Å². The minimum Gasteiger partial charge on any atom is -0.486 e. The van der Waals surface area contributed by atoms with E-state index >= 15 is 0 Å². The topological polar surface area (TPSA) is 30.5 Å². The van der Waals surface area contributed by atoms with Gasteiger partial charge in [0.2, 0.25) is 0 Å². The second kappa shape index (κ2) is 4.71. The van der Waals surface area contributed by atoms with E-state index in [4.69, 9.17) is 9.47 Å². The van der Waals surface area contributed by atoms with Gasteiger partial charge in [-0.2, -0.15) is 0 Å². The van der Waals surface area contributed by atoms with Crippen LogP contribution in [0.5, 0.6) is 11.5 Å². The molecule has 3 heteroatoms. The summed E-state index contributed by atoms with van der Waals surface area (Å²) in [6, 6.07) is 4.38. The number of rotatable bonds is 2. The summed E-state index contributed by atoms with van der Waals surface area (Å²) < 4.78 is 11.5. The highest BCUT2D eigenvalue weighted by atomic mass is 16.6. The summed E-state index contributed by atoms with van der Waals surface area (Å²) in [6.07, 6.45) is 2.43. The zero-order chi connectivity index (χ0) is 13.5. The normalized spacial score (nSPS) is 25.9. The van der Waals surface area contributed by atoms with E-state index in [1.807, 2.05) is 0 Å². The Balaban J connectivity index is 2.10. The number of ether oxygens (including phenoxy) is 2. The molecule has 1 unspecified atom stereocenters. The lowest BCUT2D eigenvalue weighted by molar-refractivity contribution is 0.170. The van der Waals surface area contributed by atoms with E-state index in [0.717, 1.165) is 18.0 Å². The quantitative estimate of drug-likeness (QED) is 0.887. The molecular weight excluding hydrogens is 238 g/mol. The fraction of sp³-hybridized carbons (Fsp3) is 0.625. The molecule has 0 saturated carbocycles.